The van der Waals surface area contributed by atoms with Crippen LogP contribution in [0.3, 0.4) is 0 Å². The van der Waals surface area contributed by atoms with Crippen LogP contribution >= 0.6 is 0 Å². The summed E-state index contributed by atoms with van der Waals surface area (Å²) in [5, 5.41) is 22.9. The number of aromatic amines is 1. The molecule has 2 saturated heterocycles. The Bertz CT molecular complexity index is 1390. The summed E-state index contributed by atoms with van der Waals surface area (Å²) >= 11 is 0. The summed E-state index contributed by atoms with van der Waals surface area (Å²) < 4.78 is 0. The SMILES string of the molecule is C[C@@H]1NC(=O)[C@@H]2C[C@@H](O)CN2C(=O)[C@@H](Cc2c[nH]c3ccccc23)NC(=O)CNC[C@@H](c2ccccc2)NC1=O. The van der Waals surface area contributed by atoms with Crippen molar-refractivity contribution in [2.45, 2.75) is 50.0 Å². The topological polar surface area (TPSA) is 156 Å². The first-order valence-corrected chi connectivity index (χ1v) is 13.5. The first-order chi connectivity index (χ1) is 19.3. The van der Waals surface area contributed by atoms with Gasteiger partial charge in [-0.15, -0.1) is 0 Å². The van der Waals surface area contributed by atoms with E-state index in [1.807, 2.05) is 60.8 Å². The van der Waals surface area contributed by atoms with E-state index in [-0.39, 0.29) is 32.5 Å². The molecule has 1 aromatic heterocycles. The minimum atomic E-state index is -0.978. The van der Waals surface area contributed by atoms with E-state index in [2.05, 4.69) is 26.3 Å². The Morgan fingerprint density at radius 3 is 2.48 bits per heavy atom. The molecule has 0 unspecified atom stereocenters. The van der Waals surface area contributed by atoms with Crippen LogP contribution in [0.4, 0.5) is 0 Å². The third-order valence-corrected chi connectivity index (χ3v) is 7.50. The number of nitrogens with one attached hydrogen (secondary N) is 5. The van der Waals surface area contributed by atoms with E-state index in [4.69, 9.17) is 0 Å². The Morgan fingerprint density at radius 2 is 1.68 bits per heavy atom. The van der Waals surface area contributed by atoms with Crippen LogP contribution < -0.4 is 21.3 Å². The maximum atomic E-state index is 13.9. The zero-order valence-electron chi connectivity index (χ0n) is 22.2. The van der Waals surface area contributed by atoms with Crippen molar-refractivity contribution in [1.29, 1.82) is 0 Å². The van der Waals surface area contributed by atoms with Gasteiger partial charge in [0, 0.05) is 43.0 Å². The molecule has 11 nitrogen and oxygen atoms in total. The molecule has 5 atom stereocenters. The van der Waals surface area contributed by atoms with Crippen LogP contribution in [-0.4, -0.2) is 82.5 Å². The fourth-order valence-corrected chi connectivity index (χ4v) is 5.41. The van der Waals surface area contributed by atoms with Crippen molar-refractivity contribution in [3.05, 3.63) is 71.9 Å². The number of aliphatic hydroxyl groups excluding tert-OH is 1. The quantitative estimate of drug-likeness (QED) is 0.274. The zero-order chi connectivity index (χ0) is 28.2. The Hall–Kier alpha value is -4.22. The second-order valence-corrected chi connectivity index (χ2v) is 10.4. The predicted molar refractivity (Wildman–Crippen MR) is 148 cm³/mol. The van der Waals surface area contributed by atoms with Gasteiger partial charge in [0.1, 0.15) is 18.1 Å². The number of aliphatic hydroxyl groups is 1. The monoisotopic (exact) mass is 546 g/mol. The number of H-pyrrole nitrogens is 1. The van der Waals surface area contributed by atoms with Crippen LogP contribution in [0.1, 0.15) is 30.5 Å². The number of para-hydroxylation sites is 1. The molecule has 2 fully saturated rings. The smallest absolute Gasteiger partial charge is 0.246 e. The van der Waals surface area contributed by atoms with E-state index < -0.39 is 53.9 Å². The molecule has 11 heteroatoms. The van der Waals surface area contributed by atoms with Crippen LogP contribution in [0.25, 0.3) is 10.9 Å². The van der Waals surface area contributed by atoms with Crippen molar-refractivity contribution in [3.63, 3.8) is 0 Å². The number of amides is 4. The minimum absolute atomic E-state index is 0.0356. The fourth-order valence-electron chi connectivity index (χ4n) is 5.41. The third-order valence-electron chi connectivity index (χ3n) is 7.50. The second-order valence-electron chi connectivity index (χ2n) is 10.4. The molecule has 3 heterocycles. The molecule has 0 saturated carbocycles. The van der Waals surface area contributed by atoms with Gasteiger partial charge in [-0.1, -0.05) is 48.5 Å². The maximum Gasteiger partial charge on any atom is 0.246 e. The molecule has 0 aliphatic carbocycles. The van der Waals surface area contributed by atoms with Crippen LogP contribution in [0.15, 0.2) is 60.8 Å². The number of benzene rings is 2. The summed E-state index contributed by atoms with van der Waals surface area (Å²) in [6.45, 7) is 1.69. The number of carbonyl (C=O) groups is 4. The number of nitrogens with zero attached hydrogens (tertiary/aromatic N) is 1. The molecular formula is C29H34N6O5. The molecule has 2 aromatic carbocycles. The summed E-state index contributed by atoms with van der Waals surface area (Å²) in [6, 6.07) is 13.7. The summed E-state index contributed by atoms with van der Waals surface area (Å²) in [7, 11) is 0. The highest BCUT2D eigenvalue weighted by molar-refractivity contribution is 5.95. The van der Waals surface area contributed by atoms with E-state index in [0.717, 1.165) is 22.0 Å². The number of hydrogen-bond acceptors (Lipinski definition) is 6. The van der Waals surface area contributed by atoms with Crippen molar-refractivity contribution in [3.8, 4) is 0 Å². The van der Waals surface area contributed by atoms with Gasteiger partial charge in [-0.05, 0) is 24.1 Å². The first kappa shape index (κ1) is 27.4. The molecule has 0 radical (unpaired) electrons. The molecule has 4 amide bonds. The van der Waals surface area contributed by atoms with E-state index in [1.54, 1.807) is 6.92 Å². The van der Waals surface area contributed by atoms with Gasteiger partial charge in [0.15, 0.2) is 0 Å². The van der Waals surface area contributed by atoms with Crippen molar-refractivity contribution in [1.82, 2.24) is 31.2 Å². The lowest BCUT2D eigenvalue weighted by Gasteiger charge is -2.29. The molecule has 2 aliphatic heterocycles. The van der Waals surface area contributed by atoms with Crippen LogP contribution in [0.2, 0.25) is 0 Å². The Labute approximate surface area is 231 Å². The van der Waals surface area contributed by atoms with Crippen molar-refractivity contribution < 1.29 is 24.3 Å². The number of fused-ring (bicyclic) bond motifs is 2. The van der Waals surface area contributed by atoms with Crippen LogP contribution in [-0.2, 0) is 25.6 Å². The Balaban J connectivity index is 1.44. The predicted octanol–water partition coefficient (Wildman–Crippen LogP) is 0.122. The number of hydrogen-bond donors (Lipinski definition) is 6. The van der Waals surface area contributed by atoms with Gasteiger partial charge in [-0.25, -0.2) is 0 Å². The highest BCUT2D eigenvalue weighted by atomic mass is 16.3. The number of aromatic nitrogens is 1. The average Bonchev–Trinajstić information content (AvgIpc) is 3.55. The van der Waals surface area contributed by atoms with E-state index in [9.17, 15) is 24.3 Å². The highest BCUT2D eigenvalue weighted by Gasteiger charge is 2.42. The second kappa shape index (κ2) is 11.9. The molecule has 40 heavy (non-hydrogen) atoms. The molecule has 0 bridgehead atoms. The van der Waals surface area contributed by atoms with Gasteiger partial charge in [-0.3, -0.25) is 19.2 Å². The molecule has 6 N–H and O–H groups in total. The highest BCUT2D eigenvalue weighted by Crippen LogP contribution is 2.23. The largest absolute Gasteiger partial charge is 0.391 e. The summed E-state index contributed by atoms with van der Waals surface area (Å²) in [5.74, 6) is -1.81. The van der Waals surface area contributed by atoms with E-state index in [0.29, 0.717) is 0 Å². The van der Waals surface area contributed by atoms with Gasteiger partial charge < -0.3 is 36.3 Å². The van der Waals surface area contributed by atoms with Crippen molar-refractivity contribution in [2.24, 2.45) is 0 Å². The summed E-state index contributed by atoms with van der Waals surface area (Å²) in [5.41, 5.74) is 2.58. The van der Waals surface area contributed by atoms with Crippen molar-refractivity contribution >= 4 is 34.5 Å². The molecule has 5 rings (SSSR count). The summed E-state index contributed by atoms with van der Waals surface area (Å²) in [4.78, 5) is 57.8. The van der Waals surface area contributed by atoms with E-state index in [1.165, 1.54) is 4.90 Å². The molecule has 2 aliphatic rings. The summed E-state index contributed by atoms with van der Waals surface area (Å²) in [6.07, 6.45) is 1.13. The number of rotatable bonds is 3. The normalized spacial score (nSPS) is 26.9. The van der Waals surface area contributed by atoms with Gasteiger partial charge >= 0.3 is 0 Å². The molecule has 0 spiro atoms. The van der Waals surface area contributed by atoms with Gasteiger partial charge in [0.05, 0.1) is 18.7 Å². The van der Waals surface area contributed by atoms with Crippen LogP contribution in [0, 0.1) is 0 Å². The van der Waals surface area contributed by atoms with Gasteiger partial charge in [0.25, 0.3) is 0 Å². The lowest BCUT2D eigenvalue weighted by molar-refractivity contribution is -0.142. The lowest BCUT2D eigenvalue weighted by atomic mass is 10.0. The molecular weight excluding hydrogens is 512 g/mol. The zero-order valence-corrected chi connectivity index (χ0v) is 22.2. The fraction of sp³-hybridized carbons (Fsp3) is 0.379. The Morgan fingerprint density at radius 1 is 0.925 bits per heavy atom. The van der Waals surface area contributed by atoms with Crippen molar-refractivity contribution in [2.75, 3.05) is 19.6 Å². The van der Waals surface area contributed by atoms with Gasteiger partial charge in [-0.2, -0.15) is 0 Å². The van der Waals surface area contributed by atoms with E-state index >= 15 is 0 Å². The lowest BCUT2D eigenvalue weighted by Crippen LogP contribution is -2.56. The standard InChI is InChI=1S/C29H34N6O5/c1-17-27(38)34-24(18-7-3-2-4-8-18)14-30-15-26(37)33-23(11-19-13-31-22-10-6-5-9-21(19)22)29(40)35-16-20(36)12-25(35)28(39)32-17/h2-10,13,17,20,23-25,30-31,36H,11-12,14-16H2,1H3,(H,32,39)(H,33,37)(H,34,38)/t17-,20+,23+,24-,25-/m0/s1. The molecule has 3 aromatic rings. The van der Waals surface area contributed by atoms with Crippen LogP contribution in [0.5, 0.6) is 0 Å². The first-order valence-electron chi connectivity index (χ1n) is 13.5. The average molecular weight is 547 g/mol. The third kappa shape index (κ3) is 6.00. The van der Waals surface area contributed by atoms with Gasteiger partial charge in [0.2, 0.25) is 23.6 Å². The number of carbonyl (C=O) groups excluding carboxylic acids is 4. The maximum absolute atomic E-state index is 13.9. The minimum Gasteiger partial charge on any atom is -0.391 e. The molecule has 210 valence electrons. The Kier molecular flexibility index (Phi) is 8.13.